The van der Waals surface area contributed by atoms with Gasteiger partial charge in [-0.1, -0.05) is 36.4 Å². The van der Waals surface area contributed by atoms with Gasteiger partial charge >= 0.3 is 0 Å². The van der Waals surface area contributed by atoms with Gasteiger partial charge in [-0.05, 0) is 24.1 Å². The summed E-state index contributed by atoms with van der Waals surface area (Å²) in [7, 11) is 1.74. The fraction of sp³-hybridized carbons (Fsp3) is 0.300. The van der Waals surface area contributed by atoms with Gasteiger partial charge in [0.2, 0.25) is 0 Å². The first kappa shape index (κ1) is 17.3. The molecule has 5 heteroatoms. The number of aromatic amines is 1. The number of pyridine rings is 1. The largest absolute Gasteiger partial charge is 0.385 e. The molecule has 2 aromatic heterocycles. The van der Waals surface area contributed by atoms with E-state index in [1.807, 2.05) is 42.7 Å². The average Bonchev–Trinajstić information content (AvgIpc) is 3.11. The van der Waals surface area contributed by atoms with Gasteiger partial charge in [0.25, 0.3) is 0 Å². The summed E-state index contributed by atoms with van der Waals surface area (Å²) in [5.74, 6) is 0. The average molecular weight is 336 g/mol. The molecule has 2 heterocycles. The van der Waals surface area contributed by atoms with Crippen molar-refractivity contribution in [3.63, 3.8) is 0 Å². The highest BCUT2D eigenvalue weighted by Crippen LogP contribution is 2.22. The molecule has 3 rings (SSSR count). The standard InChI is InChI=1S/C20H24N4O/c1-25-13-7-12-24(16-19-10-5-6-11-21-19)15-18-14-22-23-20(18)17-8-3-2-4-9-17/h2-6,8-11,14H,7,12-13,15-16H2,1H3,(H,22,23). The van der Waals surface area contributed by atoms with Crippen LogP contribution < -0.4 is 0 Å². The zero-order valence-electron chi connectivity index (χ0n) is 14.6. The van der Waals surface area contributed by atoms with Crippen LogP contribution in [-0.4, -0.2) is 40.3 Å². The summed E-state index contributed by atoms with van der Waals surface area (Å²) in [4.78, 5) is 6.85. The van der Waals surface area contributed by atoms with E-state index in [1.165, 1.54) is 5.56 Å². The SMILES string of the molecule is COCCCN(Cc1ccccn1)Cc1cn[nH]c1-c1ccccc1. The third-order valence-electron chi connectivity index (χ3n) is 4.11. The predicted octanol–water partition coefficient (Wildman–Crippen LogP) is 3.51. The van der Waals surface area contributed by atoms with Crippen molar-refractivity contribution in [2.75, 3.05) is 20.3 Å². The minimum absolute atomic E-state index is 0.760. The Morgan fingerprint density at radius 1 is 1.04 bits per heavy atom. The zero-order chi connectivity index (χ0) is 17.3. The van der Waals surface area contributed by atoms with E-state index >= 15 is 0 Å². The minimum Gasteiger partial charge on any atom is -0.385 e. The highest BCUT2D eigenvalue weighted by molar-refractivity contribution is 5.62. The van der Waals surface area contributed by atoms with Crippen LogP contribution in [0.4, 0.5) is 0 Å². The molecule has 0 atom stereocenters. The van der Waals surface area contributed by atoms with Crippen LogP contribution in [0.2, 0.25) is 0 Å². The number of ether oxygens (including phenoxy) is 1. The van der Waals surface area contributed by atoms with Crippen LogP contribution in [0.25, 0.3) is 11.3 Å². The third-order valence-corrected chi connectivity index (χ3v) is 4.11. The number of nitrogens with one attached hydrogen (secondary N) is 1. The molecule has 130 valence electrons. The second kappa shape index (κ2) is 9.11. The quantitative estimate of drug-likeness (QED) is 0.608. The Kier molecular flexibility index (Phi) is 6.31. The number of hydrogen-bond donors (Lipinski definition) is 1. The maximum atomic E-state index is 5.21. The smallest absolute Gasteiger partial charge is 0.0695 e. The number of aromatic nitrogens is 3. The van der Waals surface area contributed by atoms with E-state index in [1.54, 1.807) is 7.11 Å². The molecule has 1 N–H and O–H groups in total. The Bertz CT molecular complexity index is 743. The van der Waals surface area contributed by atoms with Crippen molar-refractivity contribution in [2.24, 2.45) is 0 Å². The van der Waals surface area contributed by atoms with Crippen LogP contribution in [0.3, 0.4) is 0 Å². The number of nitrogens with zero attached hydrogens (tertiary/aromatic N) is 3. The van der Waals surface area contributed by atoms with Crippen LogP contribution in [-0.2, 0) is 17.8 Å². The molecule has 0 aliphatic carbocycles. The fourth-order valence-corrected chi connectivity index (χ4v) is 2.89. The van der Waals surface area contributed by atoms with Crippen molar-refractivity contribution in [1.82, 2.24) is 20.1 Å². The van der Waals surface area contributed by atoms with Crippen molar-refractivity contribution in [2.45, 2.75) is 19.5 Å². The molecule has 3 aromatic rings. The van der Waals surface area contributed by atoms with Gasteiger partial charge in [0.15, 0.2) is 0 Å². The summed E-state index contributed by atoms with van der Waals surface area (Å²) in [6.07, 6.45) is 4.75. The maximum absolute atomic E-state index is 5.21. The fourth-order valence-electron chi connectivity index (χ4n) is 2.89. The van der Waals surface area contributed by atoms with Crippen LogP contribution in [0.15, 0.2) is 60.9 Å². The van der Waals surface area contributed by atoms with Crippen LogP contribution in [0.1, 0.15) is 17.7 Å². The molecule has 0 aliphatic rings. The van der Waals surface area contributed by atoms with Crippen LogP contribution in [0.5, 0.6) is 0 Å². The molecule has 0 saturated carbocycles. The Balaban J connectivity index is 1.75. The summed E-state index contributed by atoms with van der Waals surface area (Å²) < 4.78 is 5.21. The van der Waals surface area contributed by atoms with Crippen molar-refractivity contribution in [1.29, 1.82) is 0 Å². The first-order valence-corrected chi connectivity index (χ1v) is 8.55. The van der Waals surface area contributed by atoms with Gasteiger partial charge in [0.1, 0.15) is 0 Å². The van der Waals surface area contributed by atoms with E-state index in [4.69, 9.17) is 4.74 Å². The van der Waals surface area contributed by atoms with E-state index in [2.05, 4.69) is 38.3 Å². The highest BCUT2D eigenvalue weighted by atomic mass is 16.5. The number of hydrogen-bond acceptors (Lipinski definition) is 4. The number of H-pyrrole nitrogens is 1. The molecule has 5 nitrogen and oxygen atoms in total. The molecule has 0 fully saturated rings. The van der Waals surface area contributed by atoms with Crippen LogP contribution in [0, 0.1) is 0 Å². The molecule has 0 saturated heterocycles. The van der Waals surface area contributed by atoms with Gasteiger partial charge in [0, 0.05) is 45.1 Å². The van der Waals surface area contributed by atoms with Crippen molar-refractivity contribution >= 4 is 0 Å². The number of benzene rings is 1. The Hall–Kier alpha value is -2.50. The molecule has 0 aliphatic heterocycles. The Morgan fingerprint density at radius 2 is 1.88 bits per heavy atom. The lowest BCUT2D eigenvalue weighted by Crippen LogP contribution is -2.25. The van der Waals surface area contributed by atoms with E-state index in [0.717, 1.165) is 49.6 Å². The minimum atomic E-state index is 0.760. The number of methoxy groups -OCH3 is 1. The lowest BCUT2D eigenvalue weighted by atomic mass is 10.1. The van der Waals surface area contributed by atoms with Gasteiger partial charge in [0.05, 0.1) is 17.6 Å². The third kappa shape index (κ3) is 4.98. The highest BCUT2D eigenvalue weighted by Gasteiger charge is 2.13. The van der Waals surface area contributed by atoms with E-state index in [0.29, 0.717) is 0 Å². The Morgan fingerprint density at radius 3 is 2.64 bits per heavy atom. The molecule has 0 amide bonds. The molecule has 0 spiro atoms. The summed E-state index contributed by atoms with van der Waals surface area (Å²) in [6.45, 7) is 3.34. The topological polar surface area (TPSA) is 54.0 Å². The second-order valence-corrected chi connectivity index (χ2v) is 6.01. The molecule has 1 aromatic carbocycles. The number of rotatable bonds is 9. The van der Waals surface area contributed by atoms with Crippen molar-refractivity contribution in [3.05, 3.63) is 72.2 Å². The van der Waals surface area contributed by atoms with E-state index < -0.39 is 0 Å². The van der Waals surface area contributed by atoms with Gasteiger partial charge in [-0.3, -0.25) is 15.0 Å². The van der Waals surface area contributed by atoms with Crippen LogP contribution >= 0.6 is 0 Å². The zero-order valence-corrected chi connectivity index (χ0v) is 14.6. The normalized spacial score (nSPS) is 11.1. The summed E-state index contributed by atoms with van der Waals surface area (Å²) in [6, 6.07) is 16.4. The van der Waals surface area contributed by atoms with Crippen molar-refractivity contribution in [3.8, 4) is 11.3 Å². The monoisotopic (exact) mass is 336 g/mol. The predicted molar refractivity (Wildman–Crippen MR) is 98.9 cm³/mol. The Labute approximate surface area is 148 Å². The summed E-state index contributed by atoms with van der Waals surface area (Å²) in [5, 5.41) is 7.40. The van der Waals surface area contributed by atoms with Gasteiger partial charge in [-0.2, -0.15) is 5.10 Å². The summed E-state index contributed by atoms with van der Waals surface area (Å²) in [5.41, 5.74) is 4.51. The molecule has 25 heavy (non-hydrogen) atoms. The molecule has 0 unspecified atom stereocenters. The molecule has 0 bridgehead atoms. The lowest BCUT2D eigenvalue weighted by Gasteiger charge is -2.22. The second-order valence-electron chi connectivity index (χ2n) is 6.01. The van der Waals surface area contributed by atoms with Crippen molar-refractivity contribution < 1.29 is 4.74 Å². The van der Waals surface area contributed by atoms with E-state index in [9.17, 15) is 0 Å². The molecular formula is C20H24N4O. The van der Waals surface area contributed by atoms with Gasteiger partial charge in [-0.25, -0.2) is 0 Å². The maximum Gasteiger partial charge on any atom is 0.0695 e. The van der Waals surface area contributed by atoms with Gasteiger partial charge < -0.3 is 4.74 Å². The first-order chi connectivity index (χ1) is 12.4. The van der Waals surface area contributed by atoms with E-state index in [-0.39, 0.29) is 0 Å². The summed E-state index contributed by atoms with van der Waals surface area (Å²) >= 11 is 0. The molecular weight excluding hydrogens is 312 g/mol. The first-order valence-electron chi connectivity index (χ1n) is 8.55. The lowest BCUT2D eigenvalue weighted by molar-refractivity contribution is 0.166. The molecule has 0 radical (unpaired) electrons. The van der Waals surface area contributed by atoms with Gasteiger partial charge in [-0.15, -0.1) is 0 Å².